The molecule has 0 spiro atoms. The summed E-state index contributed by atoms with van der Waals surface area (Å²) >= 11 is 0. The molecule has 0 amide bonds. The van der Waals surface area contributed by atoms with Crippen LogP contribution < -0.4 is 26.2 Å². The van der Waals surface area contributed by atoms with Crippen LogP contribution in [0.3, 0.4) is 0 Å². The monoisotopic (exact) mass is 491 g/mol. The molecule has 0 radical (unpaired) electrons. The van der Waals surface area contributed by atoms with Crippen molar-refractivity contribution < 1.29 is 13.5 Å². The standard InChI is InChI=1S/C28H27F2N3O3/c1-16(18-8-9-21(29)22(30)15-18)32-23(17-10-12-31-13-11-17)19-6-5-7-20(14-19)33-24-25(34)26(35)27(24)36-28(2,3)4/h5-16,23,32-33H,1-4H3. The van der Waals surface area contributed by atoms with Gasteiger partial charge < -0.3 is 10.1 Å². The highest BCUT2D eigenvalue weighted by Gasteiger charge is 2.27. The van der Waals surface area contributed by atoms with Crippen molar-refractivity contribution in [3.8, 4) is 5.75 Å². The SMILES string of the molecule is CC(NC(c1ccncc1)c1cccc(Nc2c(OC(C)(C)C)c(=O)c2=O)c1)c1ccc(F)c(F)c1. The Labute approximate surface area is 207 Å². The van der Waals surface area contributed by atoms with Gasteiger partial charge in [-0.3, -0.25) is 19.9 Å². The molecule has 2 unspecified atom stereocenters. The minimum atomic E-state index is -0.908. The van der Waals surface area contributed by atoms with Crippen molar-refractivity contribution in [2.75, 3.05) is 5.32 Å². The van der Waals surface area contributed by atoms with Gasteiger partial charge in [-0.25, -0.2) is 8.78 Å². The largest absolute Gasteiger partial charge is 0.482 e. The van der Waals surface area contributed by atoms with Gasteiger partial charge in [-0.05, 0) is 80.8 Å². The second kappa shape index (κ2) is 9.99. The van der Waals surface area contributed by atoms with Crippen molar-refractivity contribution >= 4 is 11.4 Å². The summed E-state index contributed by atoms with van der Waals surface area (Å²) in [5.41, 5.74) is 1.15. The smallest absolute Gasteiger partial charge is 0.272 e. The van der Waals surface area contributed by atoms with E-state index in [2.05, 4.69) is 15.6 Å². The summed E-state index contributed by atoms with van der Waals surface area (Å²) in [6.07, 6.45) is 3.35. The minimum absolute atomic E-state index is 0.0219. The predicted octanol–water partition coefficient (Wildman–Crippen LogP) is 5.32. The minimum Gasteiger partial charge on any atom is -0.482 e. The lowest BCUT2D eigenvalue weighted by molar-refractivity contribution is 0.128. The third-order valence-electron chi connectivity index (χ3n) is 5.66. The first-order valence-electron chi connectivity index (χ1n) is 11.5. The molecule has 0 aliphatic carbocycles. The van der Waals surface area contributed by atoms with Gasteiger partial charge in [0.2, 0.25) is 0 Å². The number of hydrogen-bond donors (Lipinski definition) is 2. The van der Waals surface area contributed by atoms with E-state index >= 15 is 0 Å². The zero-order valence-electron chi connectivity index (χ0n) is 20.4. The average molecular weight is 492 g/mol. The van der Waals surface area contributed by atoms with Crippen LogP contribution in [0.4, 0.5) is 20.2 Å². The highest BCUT2D eigenvalue weighted by atomic mass is 19.2. The molecule has 0 fully saturated rings. The maximum absolute atomic E-state index is 13.8. The molecule has 2 N–H and O–H groups in total. The first-order chi connectivity index (χ1) is 17.0. The Bertz CT molecular complexity index is 1440. The number of pyridine rings is 1. The number of ether oxygens (including phenoxy) is 1. The van der Waals surface area contributed by atoms with Gasteiger partial charge in [0, 0.05) is 24.1 Å². The third kappa shape index (κ3) is 5.49. The molecule has 1 heterocycles. The molecule has 1 aromatic heterocycles. The van der Waals surface area contributed by atoms with Gasteiger partial charge in [-0.2, -0.15) is 0 Å². The van der Waals surface area contributed by atoms with Gasteiger partial charge in [0.1, 0.15) is 11.3 Å². The molecule has 8 heteroatoms. The average Bonchev–Trinajstić information content (AvgIpc) is 2.86. The summed E-state index contributed by atoms with van der Waals surface area (Å²) in [6, 6.07) is 14.3. The van der Waals surface area contributed by atoms with E-state index in [0.29, 0.717) is 11.3 Å². The lowest BCUT2D eigenvalue weighted by Gasteiger charge is -2.26. The van der Waals surface area contributed by atoms with Crippen LogP contribution >= 0.6 is 0 Å². The number of anilines is 2. The van der Waals surface area contributed by atoms with E-state index in [4.69, 9.17) is 4.74 Å². The van der Waals surface area contributed by atoms with Gasteiger partial charge in [0.15, 0.2) is 17.4 Å². The van der Waals surface area contributed by atoms with Crippen molar-refractivity contribution in [3.05, 3.63) is 116 Å². The van der Waals surface area contributed by atoms with E-state index < -0.39 is 28.1 Å². The normalized spacial score (nSPS) is 13.4. The molecular formula is C28H27F2N3O3. The van der Waals surface area contributed by atoms with Gasteiger partial charge >= 0.3 is 0 Å². The van der Waals surface area contributed by atoms with E-state index in [-0.39, 0.29) is 23.5 Å². The molecule has 6 nitrogen and oxygen atoms in total. The molecule has 4 aromatic rings. The number of hydrogen-bond acceptors (Lipinski definition) is 6. The fourth-order valence-corrected chi connectivity index (χ4v) is 3.90. The highest BCUT2D eigenvalue weighted by molar-refractivity contribution is 5.70. The second-order valence-corrected chi connectivity index (χ2v) is 9.60. The summed E-state index contributed by atoms with van der Waals surface area (Å²) in [7, 11) is 0. The number of benzene rings is 2. The summed E-state index contributed by atoms with van der Waals surface area (Å²) in [6.45, 7) is 7.26. The van der Waals surface area contributed by atoms with E-state index in [1.54, 1.807) is 45.3 Å². The fraction of sp³-hybridized carbons (Fsp3) is 0.250. The van der Waals surface area contributed by atoms with Crippen LogP contribution in [0.2, 0.25) is 0 Å². The van der Waals surface area contributed by atoms with Gasteiger partial charge in [-0.15, -0.1) is 0 Å². The number of nitrogens with one attached hydrogen (secondary N) is 2. The van der Waals surface area contributed by atoms with Crippen molar-refractivity contribution in [2.24, 2.45) is 0 Å². The molecule has 2 atom stereocenters. The van der Waals surface area contributed by atoms with Crippen LogP contribution in [0.15, 0.2) is 76.6 Å². The Morgan fingerprint density at radius 1 is 0.861 bits per heavy atom. The zero-order chi connectivity index (χ0) is 26.0. The summed E-state index contributed by atoms with van der Waals surface area (Å²) in [4.78, 5) is 28.4. The first kappa shape index (κ1) is 25.2. The second-order valence-electron chi connectivity index (χ2n) is 9.60. The van der Waals surface area contributed by atoms with Crippen LogP contribution in [0, 0.1) is 11.6 Å². The van der Waals surface area contributed by atoms with Crippen LogP contribution in [0.25, 0.3) is 0 Å². The summed E-state index contributed by atoms with van der Waals surface area (Å²) in [5.74, 6) is -1.79. The predicted molar refractivity (Wildman–Crippen MR) is 135 cm³/mol. The lowest BCUT2D eigenvalue weighted by atomic mass is 9.96. The number of aromatic nitrogens is 1. The quantitative estimate of drug-likeness (QED) is 0.325. The van der Waals surface area contributed by atoms with Crippen LogP contribution in [0.5, 0.6) is 5.75 Å². The molecule has 0 aliphatic heterocycles. The van der Waals surface area contributed by atoms with E-state index in [1.165, 1.54) is 6.07 Å². The van der Waals surface area contributed by atoms with Crippen molar-refractivity contribution in [2.45, 2.75) is 45.4 Å². The third-order valence-corrected chi connectivity index (χ3v) is 5.66. The number of nitrogens with zero attached hydrogens (tertiary/aromatic N) is 1. The Kier molecular flexibility index (Phi) is 6.99. The van der Waals surface area contributed by atoms with Crippen molar-refractivity contribution in [1.82, 2.24) is 10.3 Å². The Balaban J connectivity index is 1.65. The summed E-state index contributed by atoms with van der Waals surface area (Å²) < 4.78 is 33.0. The van der Waals surface area contributed by atoms with E-state index in [1.807, 2.05) is 37.3 Å². The van der Waals surface area contributed by atoms with Gasteiger partial charge in [0.25, 0.3) is 10.9 Å². The van der Waals surface area contributed by atoms with Crippen LogP contribution in [0.1, 0.15) is 56.5 Å². The van der Waals surface area contributed by atoms with Crippen molar-refractivity contribution in [3.63, 3.8) is 0 Å². The van der Waals surface area contributed by atoms with E-state index in [0.717, 1.165) is 17.2 Å². The van der Waals surface area contributed by atoms with Gasteiger partial charge in [0.05, 0.1) is 6.04 Å². The fourth-order valence-electron chi connectivity index (χ4n) is 3.90. The van der Waals surface area contributed by atoms with Crippen molar-refractivity contribution in [1.29, 1.82) is 0 Å². The number of rotatable bonds is 8. The molecule has 0 saturated carbocycles. The first-order valence-corrected chi connectivity index (χ1v) is 11.5. The molecule has 186 valence electrons. The Hall–Kier alpha value is -3.91. The molecule has 36 heavy (non-hydrogen) atoms. The lowest BCUT2D eigenvalue weighted by Crippen LogP contribution is -2.39. The van der Waals surface area contributed by atoms with Gasteiger partial charge in [-0.1, -0.05) is 18.2 Å². The van der Waals surface area contributed by atoms with E-state index in [9.17, 15) is 18.4 Å². The molecule has 0 aliphatic rings. The topological polar surface area (TPSA) is 80.3 Å². The molecule has 4 rings (SSSR count). The molecule has 0 bridgehead atoms. The Morgan fingerprint density at radius 2 is 1.58 bits per heavy atom. The van der Waals surface area contributed by atoms with Crippen LogP contribution in [-0.4, -0.2) is 10.6 Å². The molecular weight excluding hydrogens is 464 g/mol. The summed E-state index contributed by atoms with van der Waals surface area (Å²) in [5, 5.41) is 6.50. The number of halogens is 2. The molecule has 3 aromatic carbocycles. The maximum atomic E-state index is 13.8. The molecule has 0 saturated heterocycles. The highest BCUT2D eigenvalue weighted by Crippen LogP contribution is 2.31. The zero-order valence-corrected chi connectivity index (χ0v) is 20.4. The Morgan fingerprint density at radius 3 is 2.25 bits per heavy atom. The van der Waals surface area contributed by atoms with Crippen LogP contribution in [-0.2, 0) is 0 Å². The maximum Gasteiger partial charge on any atom is 0.272 e.